The molecule has 9 N–H and O–H groups in total. The van der Waals surface area contributed by atoms with Gasteiger partial charge in [-0.05, 0) is 64.8 Å². The molecule has 4 rings (SSSR count). The molecule has 0 saturated heterocycles. The van der Waals surface area contributed by atoms with Gasteiger partial charge >= 0.3 is 0 Å². The maximum Gasteiger partial charge on any atom is 0.239 e. The van der Waals surface area contributed by atoms with Crippen molar-refractivity contribution in [3.05, 3.63) is 96.1 Å². The first kappa shape index (κ1) is 28.6. The van der Waals surface area contributed by atoms with Crippen LogP contribution in [-0.2, 0) is 22.4 Å². The summed E-state index contributed by atoms with van der Waals surface area (Å²) < 4.78 is 0. The number of carbonyl (C=O) groups excluding carboxylic acids is 2. The number of guanidine groups is 1. The third-order valence-corrected chi connectivity index (χ3v) is 7.43. The summed E-state index contributed by atoms with van der Waals surface area (Å²) in [5.74, 6) is -0.850. The van der Waals surface area contributed by atoms with Gasteiger partial charge in [0.15, 0.2) is 5.96 Å². The highest BCUT2D eigenvalue weighted by Crippen LogP contribution is 2.31. The SMILES string of the molecule is NCC(Cc1ccc2ccccc2c1)(Cc1ccc2ccccc2c1)C(=O)N[C@@H](CCCCN=C(N)N)C(N)=O. The topological polar surface area (TPSA) is 163 Å². The Kier molecular flexibility index (Phi) is 9.35. The summed E-state index contributed by atoms with van der Waals surface area (Å²) in [5, 5.41) is 7.37. The van der Waals surface area contributed by atoms with Crippen molar-refractivity contribution < 1.29 is 9.59 Å². The van der Waals surface area contributed by atoms with Gasteiger partial charge in [-0.1, -0.05) is 84.9 Å². The number of benzene rings is 4. The number of unbranched alkanes of at least 4 members (excludes halogenated alkanes) is 1. The molecule has 2 amide bonds. The minimum Gasteiger partial charge on any atom is -0.370 e. The van der Waals surface area contributed by atoms with E-state index in [2.05, 4.69) is 58.8 Å². The predicted octanol–water partition coefficient (Wildman–Crippen LogP) is 3.14. The molecule has 0 aliphatic heterocycles. The largest absolute Gasteiger partial charge is 0.370 e. The summed E-state index contributed by atoms with van der Waals surface area (Å²) >= 11 is 0. The zero-order valence-corrected chi connectivity index (χ0v) is 22.7. The maximum absolute atomic E-state index is 14.1. The third-order valence-electron chi connectivity index (χ3n) is 7.43. The zero-order valence-electron chi connectivity index (χ0n) is 22.7. The molecule has 0 aromatic heterocycles. The fourth-order valence-corrected chi connectivity index (χ4v) is 5.20. The third kappa shape index (κ3) is 7.15. The highest BCUT2D eigenvalue weighted by molar-refractivity contribution is 5.91. The van der Waals surface area contributed by atoms with E-state index in [0.717, 1.165) is 32.7 Å². The molecule has 0 aliphatic carbocycles. The van der Waals surface area contributed by atoms with Crippen molar-refractivity contribution in [2.45, 2.75) is 38.1 Å². The van der Waals surface area contributed by atoms with Crippen molar-refractivity contribution >= 4 is 39.3 Å². The molecule has 0 spiro atoms. The van der Waals surface area contributed by atoms with E-state index in [4.69, 9.17) is 22.9 Å². The van der Waals surface area contributed by atoms with E-state index >= 15 is 0 Å². The van der Waals surface area contributed by atoms with Gasteiger partial charge in [0.1, 0.15) is 6.04 Å². The Morgan fingerprint density at radius 3 is 1.75 bits per heavy atom. The van der Waals surface area contributed by atoms with E-state index in [1.807, 2.05) is 36.4 Å². The van der Waals surface area contributed by atoms with Crippen LogP contribution in [0, 0.1) is 5.41 Å². The molecule has 4 aromatic carbocycles. The summed E-state index contributed by atoms with van der Waals surface area (Å²) in [4.78, 5) is 30.4. The van der Waals surface area contributed by atoms with E-state index in [1.54, 1.807) is 0 Å². The lowest BCUT2D eigenvalue weighted by Crippen LogP contribution is -2.54. The van der Waals surface area contributed by atoms with Gasteiger partial charge in [-0.3, -0.25) is 14.6 Å². The van der Waals surface area contributed by atoms with Crippen molar-refractivity contribution in [2.75, 3.05) is 13.1 Å². The molecule has 0 unspecified atom stereocenters. The summed E-state index contributed by atoms with van der Waals surface area (Å²) in [7, 11) is 0. The molecule has 0 radical (unpaired) electrons. The highest BCUT2D eigenvalue weighted by Gasteiger charge is 2.39. The Balaban J connectivity index is 1.62. The number of nitrogens with two attached hydrogens (primary N) is 4. The number of nitrogens with zero attached hydrogens (tertiary/aromatic N) is 1. The first-order valence-corrected chi connectivity index (χ1v) is 13.6. The number of aliphatic imine (C=N–C) groups is 1. The first-order valence-electron chi connectivity index (χ1n) is 13.6. The number of amides is 2. The van der Waals surface area contributed by atoms with E-state index in [0.29, 0.717) is 38.6 Å². The van der Waals surface area contributed by atoms with Crippen LogP contribution >= 0.6 is 0 Å². The predicted molar refractivity (Wildman–Crippen MR) is 162 cm³/mol. The van der Waals surface area contributed by atoms with Crippen molar-refractivity contribution in [2.24, 2.45) is 33.3 Å². The van der Waals surface area contributed by atoms with Crippen LogP contribution in [0.4, 0.5) is 0 Å². The number of nitrogens with one attached hydrogen (secondary N) is 1. The quantitative estimate of drug-likeness (QED) is 0.100. The van der Waals surface area contributed by atoms with Crippen LogP contribution in [0.3, 0.4) is 0 Å². The van der Waals surface area contributed by atoms with Crippen LogP contribution in [0.1, 0.15) is 30.4 Å². The lowest BCUT2D eigenvalue weighted by molar-refractivity contribution is -0.134. The molecule has 8 nitrogen and oxygen atoms in total. The Morgan fingerprint density at radius 2 is 1.27 bits per heavy atom. The molecule has 8 heteroatoms. The smallest absolute Gasteiger partial charge is 0.239 e. The van der Waals surface area contributed by atoms with Gasteiger partial charge in [-0.15, -0.1) is 0 Å². The van der Waals surface area contributed by atoms with E-state index in [1.165, 1.54) is 0 Å². The van der Waals surface area contributed by atoms with Crippen LogP contribution in [-0.4, -0.2) is 36.9 Å². The standard InChI is InChI=1S/C32H38N6O2/c33-21-32(19-22-12-14-24-7-1-3-9-26(24)17-22,20-23-13-15-25-8-2-4-10-27(25)18-23)30(40)38-28(29(34)39)11-5-6-16-37-31(35)36/h1-4,7-10,12-15,17-18,28H,5-6,11,16,19-21,33H2,(H2,34,39)(H,38,40)(H4,35,36,37)/t28-/m0/s1. The molecular formula is C32H38N6O2. The number of carbonyl (C=O) groups is 2. The summed E-state index contributed by atoms with van der Waals surface area (Å²) in [6.07, 6.45) is 2.48. The average Bonchev–Trinajstić information content (AvgIpc) is 2.95. The zero-order chi connectivity index (χ0) is 28.5. The Labute approximate surface area is 234 Å². The number of fused-ring (bicyclic) bond motifs is 2. The Hall–Kier alpha value is -4.43. The second kappa shape index (κ2) is 13.1. The summed E-state index contributed by atoms with van der Waals surface area (Å²) in [5.41, 5.74) is 23.9. The van der Waals surface area contributed by atoms with E-state index < -0.39 is 17.4 Å². The highest BCUT2D eigenvalue weighted by atomic mass is 16.2. The Bertz CT molecular complexity index is 1430. The monoisotopic (exact) mass is 538 g/mol. The van der Waals surface area contributed by atoms with Crippen molar-refractivity contribution in [1.29, 1.82) is 0 Å². The first-order chi connectivity index (χ1) is 19.3. The molecule has 0 saturated carbocycles. The van der Waals surface area contributed by atoms with Crippen LogP contribution < -0.4 is 28.3 Å². The summed E-state index contributed by atoms with van der Waals surface area (Å²) in [6.45, 7) is 0.535. The van der Waals surface area contributed by atoms with Crippen molar-refractivity contribution in [3.8, 4) is 0 Å². The Morgan fingerprint density at radius 1 is 0.750 bits per heavy atom. The number of rotatable bonds is 13. The van der Waals surface area contributed by atoms with Crippen LogP contribution in [0.2, 0.25) is 0 Å². The number of hydrogen-bond donors (Lipinski definition) is 5. The van der Waals surface area contributed by atoms with Gasteiger partial charge in [0.05, 0.1) is 5.41 Å². The molecule has 208 valence electrons. The molecule has 40 heavy (non-hydrogen) atoms. The minimum atomic E-state index is -1.00. The van der Waals surface area contributed by atoms with Crippen molar-refractivity contribution in [1.82, 2.24) is 5.32 Å². The van der Waals surface area contributed by atoms with Crippen LogP contribution in [0.15, 0.2) is 89.9 Å². The van der Waals surface area contributed by atoms with Gasteiger partial charge in [0.25, 0.3) is 0 Å². The van der Waals surface area contributed by atoms with Crippen LogP contribution in [0.5, 0.6) is 0 Å². The minimum absolute atomic E-state index is 0.0230. The summed E-state index contributed by atoms with van der Waals surface area (Å²) in [6, 6.07) is 27.8. The van der Waals surface area contributed by atoms with Crippen molar-refractivity contribution in [3.63, 3.8) is 0 Å². The van der Waals surface area contributed by atoms with Gasteiger partial charge in [-0.25, -0.2) is 0 Å². The molecule has 0 aliphatic rings. The molecule has 1 atom stereocenters. The van der Waals surface area contributed by atoms with E-state index in [9.17, 15) is 9.59 Å². The normalized spacial score (nSPS) is 12.2. The van der Waals surface area contributed by atoms with Gasteiger partial charge in [0.2, 0.25) is 11.8 Å². The molecule has 0 bridgehead atoms. The van der Waals surface area contributed by atoms with Gasteiger partial charge in [0, 0.05) is 13.1 Å². The number of hydrogen-bond acceptors (Lipinski definition) is 4. The fourth-order valence-electron chi connectivity index (χ4n) is 5.20. The number of primary amides is 1. The molecule has 0 fully saturated rings. The van der Waals surface area contributed by atoms with E-state index in [-0.39, 0.29) is 18.4 Å². The van der Waals surface area contributed by atoms with Gasteiger partial charge < -0.3 is 28.3 Å². The molecule has 0 heterocycles. The molecule has 4 aromatic rings. The van der Waals surface area contributed by atoms with Gasteiger partial charge in [-0.2, -0.15) is 0 Å². The maximum atomic E-state index is 14.1. The molecular weight excluding hydrogens is 500 g/mol. The second-order valence-corrected chi connectivity index (χ2v) is 10.4. The van der Waals surface area contributed by atoms with Crippen LogP contribution in [0.25, 0.3) is 21.5 Å². The lowest BCUT2D eigenvalue weighted by atomic mass is 9.75. The second-order valence-electron chi connectivity index (χ2n) is 10.4. The lowest BCUT2D eigenvalue weighted by Gasteiger charge is -2.33. The fraction of sp³-hybridized carbons (Fsp3) is 0.281. The average molecular weight is 539 g/mol.